The van der Waals surface area contributed by atoms with Gasteiger partial charge in [-0.2, -0.15) is 5.10 Å². The van der Waals surface area contributed by atoms with E-state index >= 15 is 0 Å². The molecule has 4 rings (SSSR count). The van der Waals surface area contributed by atoms with Gasteiger partial charge >= 0.3 is 5.97 Å². The molecule has 33 heavy (non-hydrogen) atoms. The molecule has 2 heterocycles. The molecule has 0 spiro atoms. The van der Waals surface area contributed by atoms with Crippen LogP contribution in [0.5, 0.6) is 0 Å². The number of hydrogen-bond donors (Lipinski definition) is 0. The summed E-state index contributed by atoms with van der Waals surface area (Å²) in [6.07, 6.45) is 0. The highest BCUT2D eigenvalue weighted by Crippen LogP contribution is 2.49. The minimum absolute atomic E-state index is 0.0688. The van der Waals surface area contributed by atoms with Crippen LogP contribution in [0, 0.1) is 16.0 Å². The lowest BCUT2D eigenvalue weighted by Gasteiger charge is -2.30. The van der Waals surface area contributed by atoms with Gasteiger partial charge in [0.1, 0.15) is 12.5 Å². The van der Waals surface area contributed by atoms with Gasteiger partial charge in [0.25, 0.3) is 5.69 Å². The number of nitrogens with zero attached hydrogens (tertiary/aromatic N) is 4. The Balaban J connectivity index is 1.96. The van der Waals surface area contributed by atoms with Crippen LogP contribution in [0.3, 0.4) is 0 Å². The van der Waals surface area contributed by atoms with Gasteiger partial charge in [-0.1, -0.05) is 48.5 Å². The number of carbonyl (C=O) groups excluding carboxylic acids is 1. The first-order chi connectivity index (χ1) is 15.9. The molecule has 0 radical (unpaired) electrons. The Morgan fingerprint density at radius 1 is 1.12 bits per heavy atom. The number of aliphatic imine (C=N–C) groups is 1. The Bertz CT molecular complexity index is 1220. The standard InChI is InChI=1S/C24H24N4O5/c1-15-19(24(29)33-14-13-32-3)20(17-11-7-8-12-18(17)28(30)31)21-22(16-9-5-4-6-10-16)26-27(2)23(21)25-15/h4-12,19-20H,13-14H2,1-3H3. The maximum absolute atomic E-state index is 13.3. The minimum Gasteiger partial charge on any atom is -0.463 e. The fourth-order valence-electron chi connectivity index (χ4n) is 4.28. The zero-order valence-corrected chi connectivity index (χ0v) is 18.6. The highest BCUT2D eigenvalue weighted by molar-refractivity contribution is 6.05. The lowest BCUT2D eigenvalue weighted by molar-refractivity contribution is -0.385. The van der Waals surface area contributed by atoms with E-state index in [2.05, 4.69) is 10.1 Å². The predicted octanol–water partition coefficient (Wildman–Crippen LogP) is 4.04. The third-order valence-electron chi connectivity index (χ3n) is 5.73. The third-order valence-corrected chi connectivity index (χ3v) is 5.73. The van der Waals surface area contributed by atoms with Gasteiger partial charge in [-0.25, -0.2) is 4.99 Å². The van der Waals surface area contributed by atoms with E-state index < -0.39 is 22.7 Å². The van der Waals surface area contributed by atoms with Gasteiger partial charge in [0.05, 0.1) is 17.2 Å². The number of ether oxygens (including phenoxy) is 2. The molecular formula is C24H24N4O5. The number of aryl methyl sites for hydroxylation is 1. The molecule has 0 saturated carbocycles. The number of methoxy groups -OCH3 is 1. The maximum atomic E-state index is 13.3. The first-order valence-electron chi connectivity index (χ1n) is 10.5. The Morgan fingerprint density at radius 3 is 2.52 bits per heavy atom. The zero-order valence-electron chi connectivity index (χ0n) is 18.6. The van der Waals surface area contributed by atoms with Crippen LogP contribution < -0.4 is 0 Å². The zero-order chi connectivity index (χ0) is 23.5. The van der Waals surface area contributed by atoms with Gasteiger partial charge in [-0.05, 0) is 6.92 Å². The van der Waals surface area contributed by atoms with Gasteiger partial charge in [0, 0.05) is 48.5 Å². The largest absolute Gasteiger partial charge is 0.463 e. The molecule has 0 fully saturated rings. The average Bonchev–Trinajstić information content (AvgIpc) is 3.14. The van der Waals surface area contributed by atoms with Crippen molar-refractivity contribution in [3.05, 3.63) is 75.8 Å². The quantitative estimate of drug-likeness (QED) is 0.234. The van der Waals surface area contributed by atoms with Crippen LogP contribution in [0.4, 0.5) is 11.5 Å². The van der Waals surface area contributed by atoms with Crippen molar-refractivity contribution >= 4 is 23.2 Å². The molecule has 0 bridgehead atoms. The van der Waals surface area contributed by atoms with Crippen LogP contribution >= 0.6 is 0 Å². The fourth-order valence-corrected chi connectivity index (χ4v) is 4.28. The van der Waals surface area contributed by atoms with Crippen molar-refractivity contribution in [2.45, 2.75) is 12.8 Å². The summed E-state index contributed by atoms with van der Waals surface area (Å²) in [6.45, 7) is 2.06. The lowest BCUT2D eigenvalue weighted by Crippen LogP contribution is -2.34. The number of fused-ring (bicyclic) bond motifs is 1. The number of hydrogen-bond acceptors (Lipinski definition) is 7. The number of carbonyl (C=O) groups is 1. The number of para-hydroxylation sites is 1. The molecule has 9 nitrogen and oxygen atoms in total. The first kappa shape index (κ1) is 22.3. The number of nitro groups is 1. The lowest BCUT2D eigenvalue weighted by atomic mass is 9.75. The van der Waals surface area contributed by atoms with Crippen LogP contribution in [0.1, 0.15) is 24.0 Å². The summed E-state index contributed by atoms with van der Waals surface area (Å²) >= 11 is 0. The summed E-state index contributed by atoms with van der Waals surface area (Å²) in [5, 5.41) is 16.6. The van der Waals surface area contributed by atoms with Crippen LogP contribution in [-0.2, 0) is 21.3 Å². The number of aromatic nitrogens is 2. The molecule has 9 heteroatoms. The summed E-state index contributed by atoms with van der Waals surface area (Å²) in [6, 6.07) is 16.0. The third kappa shape index (κ3) is 4.14. The molecule has 3 aromatic rings. The van der Waals surface area contributed by atoms with E-state index in [9.17, 15) is 14.9 Å². The molecule has 1 aliphatic rings. The first-order valence-corrected chi connectivity index (χ1v) is 10.5. The predicted molar refractivity (Wildman–Crippen MR) is 123 cm³/mol. The summed E-state index contributed by atoms with van der Waals surface area (Å²) in [4.78, 5) is 29.4. The van der Waals surface area contributed by atoms with Crippen LogP contribution in [0.25, 0.3) is 11.3 Å². The van der Waals surface area contributed by atoms with Crippen LogP contribution in [0.15, 0.2) is 59.6 Å². The second kappa shape index (κ2) is 9.33. The number of nitro benzene ring substituents is 1. The molecule has 2 unspecified atom stereocenters. The van der Waals surface area contributed by atoms with Crippen molar-refractivity contribution in [3.63, 3.8) is 0 Å². The van der Waals surface area contributed by atoms with E-state index in [0.717, 1.165) is 5.56 Å². The Morgan fingerprint density at radius 2 is 1.82 bits per heavy atom. The summed E-state index contributed by atoms with van der Waals surface area (Å²) in [5.41, 5.74) is 2.98. The summed E-state index contributed by atoms with van der Waals surface area (Å²) < 4.78 is 12.1. The Kier molecular flexibility index (Phi) is 6.32. The molecule has 1 aliphatic heterocycles. The van der Waals surface area contributed by atoms with E-state index in [4.69, 9.17) is 9.47 Å². The van der Waals surface area contributed by atoms with Crippen LogP contribution in [0.2, 0.25) is 0 Å². The second-order valence-corrected chi connectivity index (χ2v) is 7.76. The Labute approximate surface area is 190 Å². The fraction of sp³-hybridized carbons (Fsp3) is 0.292. The minimum atomic E-state index is -0.845. The highest BCUT2D eigenvalue weighted by Gasteiger charge is 2.44. The van der Waals surface area contributed by atoms with Crippen LogP contribution in [-0.4, -0.2) is 46.7 Å². The van der Waals surface area contributed by atoms with E-state index in [0.29, 0.717) is 28.4 Å². The highest BCUT2D eigenvalue weighted by atomic mass is 16.6. The molecule has 0 aliphatic carbocycles. The van der Waals surface area contributed by atoms with E-state index in [-0.39, 0.29) is 18.9 Å². The van der Waals surface area contributed by atoms with E-state index in [1.165, 1.54) is 13.2 Å². The molecule has 0 amide bonds. The smallest absolute Gasteiger partial charge is 0.315 e. The SMILES string of the molecule is COCCOC(=O)C1C(C)=Nc2c(c(-c3ccccc3)nn2C)C1c1ccccc1[N+](=O)[O-]. The summed E-state index contributed by atoms with van der Waals surface area (Å²) in [5.74, 6) is -1.49. The van der Waals surface area contributed by atoms with Crippen molar-refractivity contribution in [1.82, 2.24) is 9.78 Å². The van der Waals surface area contributed by atoms with Crippen molar-refractivity contribution < 1.29 is 19.2 Å². The molecule has 2 atom stereocenters. The van der Waals surface area contributed by atoms with E-state index in [1.54, 1.807) is 36.9 Å². The maximum Gasteiger partial charge on any atom is 0.315 e. The second-order valence-electron chi connectivity index (χ2n) is 7.76. The van der Waals surface area contributed by atoms with Crippen molar-refractivity contribution in [1.29, 1.82) is 0 Å². The number of benzene rings is 2. The molecule has 0 saturated heterocycles. The monoisotopic (exact) mass is 448 g/mol. The average molecular weight is 448 g/mol. The number of rotatable bonds is 7. The van der Waals surface area contributed by atoms with Gasteiger partial charge in [0.2, 0.25) is 0 Å². The van der Waals surface area contributed by atoms with Crippen molar-refractivity contribution in [3.8, 4) is 11.3 Å². The van der Waals surface area contributed by atoms with Gasteiger partial charge in [-0.15, -0.1) is 0 Å². The Hall–Kier alpha value is -3.85. The van der Waals surface area contributed by atoms with E-state index in [1.807, 2.05) is 30.3 Å². The van der Waals surface area contributed by atoms with Crippen molar-refractivity contribution in [2.75, 3.05) is 20.3 Å². The molecule has 2 aromatic carbocycles. The van der Waals surface area contributed by atoms with Gasteiger partial charge in [0.15, 0.2) is 5.82 Å². The topological polar surface area (TPSA) is 109 Å². The normalized spacial score (nSPS) is 17.2. The summed E-state index contributed by atoms with van der Waals surface area (Å²) in [7, 11) is 3.29. The molecule has 1 aromatic heterocycles. The molecule has 0 N–H and O–H groups in total. The van der Waals surface area contributed by atoms with Crippen molar-refractivity contribution in [2.24, 2.45) is 18.0 Å². The van der Waals surface area contributed by atoms with Gasteiger partial charge < -0.3 is 9.47 Å². The molecule has 170 valence electrons. The van der Waals surface area contributed by atoms with Gasteiger partial charge in [-0.3, -0.25) is 19.6 Å². The number of esters is 1. The molecular weight excluding hydrogens is 424 g/mol.